The summed E-state index contributed by atoms with van der Waals surface area (Å²) in [6.07, 6.45) is 0. The Morgan fingerprint density at radius 2 is 1.81 bits per heavy atom. The smallest absolute Gasteiger partial charge is 0.256 e. The van der Waals surface area contributed by atoms with Gasteiger partial charge in [0.1, 0.15) is 5.82 Å². The van der Waals surface area contributed by atoms with Crippen molar-refractivity contribution >= 4 is 27.5 Å². The number of carbonyl (C=O) groups is 1. The van der Waals surface area contributed by atoms with E-state index in [1.807, 2.05) is 24.3 Å². The Hall–Kier alpha value is -1.68. The molecule has 0 radical (unpaired) electrons. The van der Waals surface area contributed by atoms with E-state index in [2.05, 4.69) is 42.0 Å². The summed E-state index contributed by atoms with van der Waals surface area (Å²) >= 11 is 3.27. The Morgan fingerprint density at radius 1 is 1.14 bits per heavy atom. The van der Waals surface area contributed by atoms with Crippen LogP contribution in [0.2, 0.25) is 0 Å². The number of amides is 1. The van der Waals surface area contributed by atoms with E-state index in [1.165, 1.54) is 18.2 Å². The van der Waals surface area contributed by atoms with Crippen LogP contribution >= 0.6 is 15.9 Å². The van der Waals surface area contributed by atoms with E-state index in [4.69, 9.17) is 0 Å². The van der Waals surface area contributed by atoms with Crippen molar-refractivity contribution in [2.75, 3.05) is 5.32 Å². The molecule has 2 nitrogen and oxygen atoms in total. The van der Waals surface area contributed by atoms with Gasteiger partial charge in [0.15, 0.2) is 0 Å². The standard InChI is InChI=1S/C17H17BrFNO/c1-17(2,3)13-6-4-5-7-15(13)20-16(21)12-10-11(19)8-9-14(12)18/h4-10H,1-3H3,(H,20,21). The van der Waals surface area contributed by atoms with Crippen molar-refractivity contribution in [3.8, 4) is 0 Å². The summed E-state index contributed by atoms with van der Waals surface area (Å²) in [5.41, 5.74) is 1.96. The molecule has 0 heterocycles. The first kappa shape index (κ1) is 15.7. The monoisotopic (exact) mass is 349 g/mol. The number of rotatable bonds is 2. The lowest BCUT2D eigenvalue weighted by Crippen LogP contribution is -2.19. The van der Waals surface area contributed by atoms with Crippen LogP contribution in [0.3, 0.4) is 0 Å². The number of hydrogen-bond acceptors (Lipinski definition) is 1. The lowest BCUT2D eigenvalue weighted by atomic mass is 9.86. The number of para-hydroxylation sites is 1. The van der Waals surface area contributed by atoms with Gasteiger partial charge in [0.25, 0.3) is 5.91 Å². The van der Waals surface area contributed by atoms with Gasteiger partial charge in [0.05, 0.1) is 5.56 Å². The molecule has 0 aliphatic rings. The van der Waals surface area contributed by atoms with E-state index in [1.54, 1.807) is 0 Å². The van der Waals surface area contributed by atoms with Crippen molar-refractivity contribution in [3.05, 3.63) is 63.9 Å². The second kappa shape index (κ2) is 5.98. The van der Waals surface area contributed by atoms with Crippen LogP contribution < -0.4 is 5.32 Å². The van der Waals surface area contributed by atoms with Crippen molar-refractivity contribution in [2.24, 2.45) is 0 Å². The summed E-state index contributed by atoms with van der Waals surface area (Å²) in [7, 11) is 0. The van der Waals surface area contributed by atoms with Gasteiger partial charge in [-0.15, -0.1) is 0 Å². The molecule has 2 aromatic carbocycles. The SMILES string of the molecule is CC(C)(C)c1ccccc1NC(=O)c1cc(F)ccc1Br. The summed E-state index contributed by atoms with van der Waals surface area (Å²) < 4.78 is 13.9. The molecule has 2 rings (SSSR count). The summed E-state index contributed by atoms with van der Waals surface area (Å²) in [5, 5.41) is 2.87. The van der Waals surface area contributed by atoms with Gasteiger partial charge in [0, 0.05) is 10.2 Å². The fourth-order valence-electron chi connectivity index (χ4n) is 2.11. The molecule has 0 saturated heterocycles. The average molecular weight is 350 g/mol. The van der Waals surface area contributed by atoms with Gasteiger partial charge in [0.2, 0.25) is 0 Å². The molecule has 0 fully saturated rings. The molecule has 0 atom stereocenters. The van der Waals surface area contributed by atoms with E-state index >= 15 is 0 Å². The molecule has 0 aliphatic carbocycles. The highest BCUT2D eigenvalue weighted by Crippen LogP contribution is 2.30. The second-order valence-corrected chi connectivity index (χ2v) is 6.73. The summed E-state index contributed by atoms with van der Waals surface area (Å²) in [4.78, 5) is 12.4. The van der Waals surface area contributed by atoms with Gasteiger partial charge in [-0.2, -0.15) is 0 Å². The third-order valence-corrected chi connectivity index (χ3v) is 3.85. The minimum Gasteiger partial charge on any atom is -0.322 e. The first-order valence-corrected chi connectivity index (χ1v) is 7.44. The zero-order chi connectivity index (χ0) is 15.6. The normalized spacial score (nSPS) is 11.3. The maximum atomic E-state index is 13.3. The van der Waals surface area contributed by atoms with Crippen LogP contribution in [0.15, 0.2) is 46.9 Å². The van der Waals surface area contributed by atoms with Crippen molar-refractivity contribution in [2.45, 2.75) is 26.2 Å². The third kappa shape index (κ3) is 3.70. The quantitative estimate of drug-likeness (QED) is 0.799. The molecular formula is C17H17BrFNO. The number of carbonyl (C=O) groups excluding carboxylic acids is 1. The molecule has 21 heavy (non-hydrogen) atoms. The zero-order valence-electron chi connectivity index (χ0n) is 12.2. The van der Waals surface area contributed by atoms with Crippen LogP contribution in [0, 0.1) is 5.82 Å². The van der Waals surface area contributed by atoms with Crippen LogP contribution in [0.1, 0.15) is 36.7 Å². The second-order valence-electron chi connectivity index (χ2n) is 5.87. The largest absolute Gasteiger partial charge is 0.322 e. The van der Waals surface area contributed by atoms with E-state index in [0.717, 1.165) is 11.3 Å². The van der Waals surface area contributed by atoms with Gasteiger partial charge >= 0.3 is 0 Å². The van der Waals surface area contributed by atoms with Crippen LogP contribution in [-0.4, -0.2) is 5.91 Å². The van der Waals surface area contributed by atoms with E-state index in [-0.39, 0.29) is 16.9 Å². The van der Waals surface area contributed by atoms with Gasteiger partial charge in [-0.05, 0) is 51.2 Å². The number of hydrogen-bond donors (Lipinski definition) is 1. The van der Waals surface area contributed by atoms with Crippen molar-refractivity contribution in [3.63, 3.8) is 0 Å². The fraction of sp³-hybridized carbons (Fsp3) is 0.235. The van der Waals surface area contributed by atoms with E-state index in [9.17, 15) is 9.18 Å². The third-order valence-electron chi connectivity index (χ3n) is 3.16. The lowest BCUT2D eigenvalue weighted by Gasteiger charge is -2.23. The molecule has 4 heteroatoms. The minimum atomic E-state index is -0.438. The minimum absolute atomic E-state index is 0.0942. The first-order chi connectivity index (χ1) is 9.79. The predicted molar refractivity (Wildman–Crippen MR) is 87.2 cm³/mol. The summed E-state index contributed by atoms with van der Waals surface area (Å²) in [6, 6.07) is 11.7. The maximum absolute atomic E-state index is 13.3. The fourth-order valence-corrected chi connectivity index (χ4v) is 2.53. The molecule has 1 N–H and O–H groups in total. The Morgan fingerprint density at radius 3 is 2.48 bits per heavy atom. The topological polar surface area (TPSA) is 29.1 Å². The highest BCUT2D eigenvalue weighted by molar-refractivity contribution is 9.10. The molecule has 0 spiro atoms. The number of halogens is 2. The van der Waals surface area contributed by atoms with Crippen molar-refractivity contribution < 1.29 is 9.18 Å². The molecule has 1 amide bonds. The summed E-state index contributed by atoms with van der Waals surface area (Å²) in [6.45, 7) is 6.24. The average Bonchev–Trinajstić information content (AvgIpc) is 2.41. The predicted octanol–water partition coefficient (Wildman–Crippen LogP) is 5.14. The Bertz CT molecular complexity index is 677. The molecule has 0 aromatic heterocycles. The van der Waals surface area contributed by atoms with Crippen LogP contribution in [-0.2, 0) is 5.41 Å². The highest BCUT2D eigenvalue weighted by Gasteiger charge is 2.19. The van der Waals surface area contributed by atoms with Crippen molar-refractivity contribution in [1.82, 2.24) is 0 Å². The van der Waals surface area contributed by atoms with Gasteiger partial charge in [-0.25, -0.2) is 4.39 Å². The van der Waals surface area contributed by atoms with Gasteiger partial charge in [-0.3, -0.25) is 4.79 Å². The molecule has 0 saturated carbocycles. The lowest BCUT2D eigenvalue weighted by molar-refractivity contribution is 0.102. The zero-order valence-corrected chi connectivity index (χ0v) is 13.8. The summed E-state index contributed by atoms with van der Waals surface area (Å²) in [5.74, 6) is -0.773. The molecule has 110 valence electrons. The highest BCUT2D eigenvalue weighted by atomic mass is 79.9. The Kier molecular flexibility index (Phi) is 4.47. The van der Waals surface area contributed by atoms with E-state index in [0.29, 0.717) is 4.47 Å². The van der Waals surface area contributed by atoms with Gasteiger partial charge < -0.3 is 5.32 Å². The maximum Gasteiger partial charge on any atom is 0.256 e. The number of anilines is 1. The first-order valence-electron chi connectivity index (χ1n) is 6.65. The number of benzene rings is 2. The van der Waals surface area contributed by atoms with Crippen LogP contribution in [0.5, 0.6) is 0 Å². The van der Waals surface area contributed by atoms with Crippen molar-refractivity contribution in [1.29, 1.82) is 0 Å². The molecular weight excluding hydrogens is 333 g/mol. The molecule has 0 bridgehead atoms. The van der Waals surface area contributed by atoms with E-state index < -0.39 is 5.82 Å². The van der Waals surface area contributed by atoms with Crippen LogP contribution in [0.4, 0.5) is 10.1 Å². The molecule has 0 aliphatic heterocycles. The molecule has 0 unspecified atom stereocenters. The van der Waals surface area contributed by atoms with Crippen LogP contribution in [0.25, 0.3) is 0 Å². The Labute approximate surface area is 132 Å². The Balaban J connectivity index is 2.35. The molecule has 2 aromatic rings. The van der Waals surface area contributed by atoms with Gasteiger partial charge in [-0.1, -0.05) is 39.0 Å². The number of nitrogens with one attached hydrogen (secondary N) is 1.